The predicted octanol–water partition coefficient (Wildman–Crippen LogP) is 1.76. The number of carbonyl (C=O) groups excluding carboxylic acids is 2. The van der Waals surface area contributed by atoms with Crippen LogP contribution >= 0.6 is 0 Å². The molecule has 0 aromatic heterocycles. The van der Waals surface area contributed by atoms with Crippen LogP contribution < -0.4 is 0 Å². The summed E-state index contributed by atoms with van der Waals surface area (Å²) in [7, 11) is 0. The zero-order chi connectivity index (χ0) is 17.6. The number of β-amino-alcohol motifs (C(OH)–C–C–N with tert-alkyl or cyclic N) is 1. The molecule has 0 spiro atoms. The number of rotatable bonds is 4. The minimum atomic E-state index is -0.620. The predicted molar refractivity (Wildman–Crippen MR) is 94.3 cm³/mol. The number of hydrogen-bond donors (Lipinski definition) is 1. The fraction of sp³-hybridized carbons (Fsp3) is 0.600. The van der Waals surface area contributed by atoms with Crippen LogP contribution in [0.25, 0.3) is 0 Å². The van der Waals surface area contributed by atoms with Crippen LogP contribution in [-0.2, 0) is 17.6 Å². The topological polar surface area (TPSA) is 60.9 Å². The van der Waals surface area contributed by atoms with Crippen molar-refractivity contribution in [2.45, 2.75) is 63.6 Å². The van der Waals surface area contributed by atoms with Crippen molar-refractivity contribution in [2.75, 3.05) is 13.1 Å². The Labute approximate surface area is 148 Å². The first-order valence-electron chi connectivity index (χ1n) is 9.49. The number of carbonyl (C=O) groups is 2. The number of amides is 2. The van der Waals surface area contributed by atoms with Gasteiger partial charge >= 0.3 is 0 Å². The largest absolute Gasteiger partial charge is 0.391 e. The molecule has 0 bridgehead atoms. The molecule has 2 atom stereocenters. The minimum Gasteiger partial charge on any atom is -0.391 e. The highest BCUT2D eigenvalue weighted by Crippen LogP contribution is 2.31. The van der Waals surface area contributed by atoms with E-state index in [9.17, 15) is 14.7 Å². The molecule has 1 aliphatic heterocycles. The van der Waals surface area contributed by atoms with E-state index in [2.05, 4.69) is 0 Å². The minimum absolute atomic E-state index is 0.00365. The molecule has 5 nitrogen and oxygen atoms in total. The van der Waals surface area contributed by atoms with E-state index < -0.39 is 12.1 Å². The standard InChI is InChI=1S/C20H26N2O3/c1-2-21(16-8-9-16)20(25)18-11-17(23)12-22(18)19(24)15-7-6-13-4-3-5-14(13)10-15/h6-7,10,16-18,23H,2-5,8-9,11-12H2,1H3. The van der Waals surface area contributed by atoms with E-state index >= 15 is 0 Å². The lowest BCUT2D eigenvalue weighted by Gasteiger charge is -2.29. The monoisotopic (exact) mass is 342 g/mol. The Kier molecular flexibility index (Phi) is 4.28. The number of hydrogen-bond acceptors (Lipinski definition) is 3. The quantitative estimate of drug-likeness (QED) is 0.907. The number of fused-ring (bicyclic) bond motifs is 1. The number of aliphatic hydroxyl groups excluding tert-OH is 1. The Balaban J connectivity index is 1.56. The van der Waals surface area contributed by atoms with Gasteiger partial charge in [-0.3, -0.25) is 9.59 Å². The van der Waals surface area contributed by atoms with Gasteiger partial charge in [-0.2, -0.15) is 0 Å². The third-order valence-electron chi connectivity index (χ3n) is 5.78. The van der Waals surface area contributed by atoms with E-state index in [1.54, 1.807) is 4.90 Å². The average molecular weight is 342 g/mol. The second-order valence-corrected chi connectivity index (χ2v) is 7.56. The maximum absolute atomic E-state index is 13.0. The van der Waals surface area contributed by atoms with Gasteiger partial charge in [-0.1, -0.05) is 6.07 Å². The van der Waals surface area contributed by atoms with E-state index in [1.165, 1.54) is 11.1 Å². The molecule has 1 saturated heterocycles. The zero-order valence-corrected chi connectivity index (χ0v) is 14.8. The summed E-state index contributed by atoms with van der Waals surface area (Å²) in [5, 5.41) is 10.1. The molecule has 1 N–H and O–H groups in total. The van der Waals surface area contributed by atoms with Crippen LogP contribution in [0.4, 0.5) is 0 Å². The molecule has 1 aromatic rings. The van der Waals surface area contributed by atoms with Crippen molar-refractivity contribution >= 4 is 11.8 Å². The Morgan fingerprint density at radius 1 is 1.24 bits per heavy atom. The van der Waals surface area contributed by atoms with Gasteiger partial charge in [-0.15, -0.1) is 0 Å². The van der Waals surface area contributed by atoms with Gasteiger partial charge in [-0.25, -0.2) is 0 Å². The lowest BCUT2D eigenvalue weighted by atomic mass is 10.0. The Morgan fingerprint density at radius 3 is 2.72 bits per heavy atom. The number of likely N-dealkylation sites (N-methyl/N-ethyl adjacent to an activating group) is 1. The number of aryl methyl sites for hydroxylation is 2. The molecular weight excluding hydrogens is 316 g/mol. The molecule has 2 unspecified atom stereocenters. The highest BCUT2D eigenvalue weighted by atomic mass is 16.3. The summed E-state index contributed by atoms with van der Waals surface area (Å²) in [4.78, 5) is 29.5. The van der Waals surface area contributed by atoms with E-state index in [-0.39, 0.29) is 18.4 Å². The van der Waals surface area contributed by atoms with Crippen molar-refractivity contribution in [1.29, 1.82) is 0 Å². The fourth-order valence-electron chi connectivity index (χ4n) is 4.31. The van der Waals surface area contributed by atoms with Gasteiger partial charge in [0.1, 0.15) is 6.04 Å². The molecule has 25 heavy (non-hydrogen) atoms. The van der Waals surface area contributed by atoms with Crippen molar-refractivity contribution in [2.24, 2.45) is 0 Å². The smallest absolute Gasteiger partial charge is 0.254 e. The zero-order valence-electron chi connectivity index (χ0n) is 14.8. The van der Waals surface area contributed by atoms with Crippen molar-refractivity contribution in [3.05, 3.63) is 34.9 Å². The second kappa shape index (κ2) is 6.45. The van der Waals surface area contributed by atoms with Gasteiger partial charge in [0.15, 0.2) is 0 Å². The summed E-state index contributed by atoms with van der Waals surface area (Å²) < 4.78 is 0. The Morgan fingerprint density at radius 2 is 2.00 bits per heavy atom. The third kappa shape index (κ3) is 3.06. The van der Waals surface area contributed by atoms with Gasteiger partial charge in [0.25, 0.3) is 5.91 Å². The lowest BCUT2D eigenvalue weighted by molar-refractivity contribution is -0.135. The van der Waals surface area contributed by atoms with Crippen molar-refractivity contribution in [3.8, 4) is 0 Å². The summed E-state index contributed by atoms with van der Waals surface area (Å²) in [5.41, 5.74) is 3.22. The molecule has 3 aliphatic rings. The number of nitrogens with zero attached hydrogens (tertiary/aromatic N) is 2. The van der Waals surface area contributed by atoms with Crippen molar-refractivity contribution in [3.63, 3.8) is 0 Å². The third-order valence-corrected chi connectivity index (χ3v) is 5.78. The SMILES string of the molecule is CCN(C(=O)C1CC(O)CN1C(=O)c1ccc2c(c1)CCC2)C1CC1. The first-order chi connectivity index (χ1) is 12.1. The molecule has 1 aromatic carbocycles. The Bertz CT molecular complexity index is 698. The molecule has 2 aliphatic carbocycles. The van der Waals surface area contributed by atoms with Gasteiger partial charge in [-0.05, 0) is 62.3 Å². The van der Waals surface area contributed by atoms with Gasteiger partial charge < -0.3 is 14.9 Å². The molecule has 1 saturated carbocycles. The van der Waals surface area contributed by atoms with Crippen molar-refractivity contribution in [1.82, 2.24) is 9.80 Å². The molecule has 1 heterocycles. The molecule has 0 radical (unpaired) electrons. The van der Waals surface area contributed by atoms with Crippen LogP contribution in [0.5, 0.6) is 0 Å². The van der Waals surface area contributed by atoms with Crippen LogP contribution in [-0.4, -0.2) is 58.0 Å². The first kappa shape index (κ1) is 16.6. The summed E-state index contributed by atoms with van der Waals surface area (Å²) in [6, 6.07) is 5.69. The summed E-state index contributed by atoms with van der Waals surface area (Å²) in [6.07, 6.45) is 5.07. The molecule has 2 fully saturated rings. The summed E-state index contributed by atoms with van der Waals surface area (Å²) >= 11 is 0. The molecule has 5 heteroatoms. The van der Waals surface area contributed by atoms with Crippen molar-refractivity contribution < 1.29 is 14.7 Å². The highest BCUT2D eigenvalue weighted by Gasteiger charge is 2.43. The lowest BCUT2D eigenvalue weighted by Crippen LogP contribution is -2.48. The second-order valence-electron chi connectivity index (χ2n) is 7.56. The number of benzene rings is 1. The van der Waals surface area contributed by atoms with E-state index in [0.29, 0.717) is 24.6 Å². The van der Waals surface area contributed by atoms with E-state index in [4.69, 9.17) is 0 Å². The maximum atomic E-state index is 13.0. The van der Waals surface area contributed by atoms with Crippen LogP contribution in [0.3, 0.4) is 0 Å². The van der Waals surface area contributed by atoms with E-state index in [1.807, 2.05) is 30.0 Å². The number of likely N-dealkylation sites (tertiary alicyclic amines) is 1. The summed E-state index contributed by atoms with van der Waals surface area (Å²) in [5.74, 6) is -0.132. The van der Waals surface area contributed by atoms with Crippen LogP contribution in [0, 0.1) is 0 Å². The normalized spacial score (nSPS) is 25.1. The van der Waals surface area contributed by atoms with Gasteiger partial charge in [0.2, 0.25) is 5.91 Å². The maximum Gasteiger partial charge on any atom is 0.254 e. The fourth-order valence-corrected chi connectivity index (χ4v) is 4.31. The van der Waals surface area contributed by atoms with Crippen LogP contribution in [0.15, 0.2) is 18.2 Å². The van der Waals surface area contributed by atoms with Gasteiger partial charge in [0.05, 0.1) is 6.10 Å². The molecule has 4 rings (SSSR count). The summed E-state index contributed by atoms with van der Waals surface area (Å²) in [6.45, 7) is 2.89. The highest BCUT2D eigenvalue weighted by molar-refractivity contribution is 5.98. The Hall–Kier alpha value is -1.88. The molecule has 134 valence electrons. The van der Waals surface area contributed by atoms with Gasteiger partial charge in [0, 0.05) is 31.1 Å². The van der Waals surface area contributed by atoms with E-state index in [0.717, 1.165) is 32.1 Å². The van der Waals surface area contributed by atoms with Crippen LogP contribution in [0.1, 0.15) is 54.1 Å². The molecular formula is C20H26N2O3. The first-order valence-corrected chi connectivity index (χ1v) is 9.49. The molecule has 2 amide bonds. The van der Waals surface area contributed by atoms with Crippen LogP contribution in [0.2, 0.25) is 0 Å². The number of aliphatic hydroxyl groups is 1. The average Bonchev–Trinajstić information content (AvgIpc) is 3.19.